The molecule has 1 heterocycles. The average molecular weight is 293 g/mol. The Hall–Kier alpha value is -1.87. The van der Waals surface area contributed by atoms with Gasteiger partial charge in [0.25, 0.3) is 0 Å². The van der Waals surface area contributed by atoms with Gasteiger partial charge in [-0.25, -0.2) is 8.78 Å². The first kappa shape index (κ1) is 13.1. The average Bonchev–Trinajstić information content (AvgIpc) is 2.86. The molecule has 102 valence electrons. The number of alkyl halides is 1. The molecule has 3 rings (SSSR count). The maximum atomic E-state index is 13.6. The lowest BCUT2D eigenvalue weighted by molar-refractivity contribution is 0.569. The van der Waals surface area contributed by atoms with E-state index in [2.05, 4.69) is 0 Å². The van der Waals surface area contributed by atoms with Crippen LogP contribution in [-0.4, -0.2) is 0 Å². The van der Waals surface area contributed by atoms with Crippen LogP contribution in [0.4, 0.5) is 8.78 Å². The van der Waals surface area contributed by atoms with Crippen molar-refractivity contribution < 1.29 is 13.2 Å². The Balaban J connectivity index is 1.91. The third kappa shape index (κ3) is 2.41. The zero-order valence-corrected chi connectivity index (χ0v) is 11.2. The summed E-state index contributed by atoms with van der Waals surface area (Å²) < 4.78 is 31.9. The first-order valence-corrected chi connectivity index (χ1v) is 6.63. The van der Waals surface area contributed by atoms with Crippen molar-refractivity contribution in [1.29, 1.82) is 0 Å². The van der Waals surface area contributed by atoms with Crippen molar-refractivity contribution in [3.63, 3.8) is 0 Å². The van der Waals surface area contributed by atoms with Crippen molar-refractivity contribution >= 4 is 22.6 Å². The molecule has 0 N–H and O–H groups in total. The van der Waals surface area contributed by atoms with Gasteiger partial charge in [-0.1, -0.05) is 24.3 Å². The summed E-state index contributed by atoms with van der Waals surface area (Å²) >= 11 is 6.35. The normalized spacial score (nSPS) is 12.8. The Morgan fingerprint density at radius 3 is 2.70 bits per heavy atom. The SMILES string of the molecule is Fc1ccc(CC(Cl)c2coc3ccccc23)c(F)c1. The van der Waals surface area contributed by atoms with Crippen molar-refractivity contribution in [1.82, 2.24) is 0 Å². The minimum atomic E-state index is -0.592. The summed E-state index contributed by atoms with van der Waals surface area (Å²) in [6.07, 6.45) is 1.86. The van der Waals surface area contributed by atoms with Gasteiger partial charge in [0.1, 0.15) is 17.2 Å². The molecule has 0 bridgehead atoms. The van der Waals surface area contributed by atoms with Crippen molar-refractivity contribution in [2.24, 2.45) is 0 Å². The molecule has 0 spiro atoms. The Morgan fingerprint density at radius 2 is 1.90 bits per heavy atom. The number of fused-ring (bicyclic) bond motifs is 1. The van der Waals surface area contributed by atoms with Crippen LogP contribution in [0.15, 0.2) is 53.1 Å². The fourth-order valence-electron chi connectivity index (χ4n) is 2.23. The maximum absolute atomic E-state index is 13.6. The van der Waals surface area contributed by atoms with E-state index in [1.165, 1.54) is 12.1 Å². The van der Waals surface area contributed by atoms with E-state index in [1.807, 2.05) is 24.3 Å². The first-order valence-electron chi connectivity index (χ1n) is 6.19. The van der Waals surface area contributed by atoms with E-state index in [0.717, 1.165) is 22.6 Å². The second-order valence-corrected chi connectivity index (χ2v) is 5.12. The number of benzene rings is 2. The fourth-order valence-corrected chi connectivity index (χ4v) is 2.57. The minimum Gasteiger partial charge on any atom is -0.464 e. The predicted octanol–water partition coefficient (Wildman–Crippen LogP) is 5.23. The third-order valence-electron chi connectivity index (χ3n) is 3.26. The Bertz CT molecular complexity index is 751. The second-order valence-electron chi connectivity index (χ2n) is 4.59. The van der Waals surface area contributed by atoms with Gasteiger partial charge >= 0.3 is 0 Å². The lowest BCUT2D eigenvalue weighted by Gasteiger charge is -2.09. The van der Waals surface area contributed by atoms with Gasteiger partial charge in [0.15, 0.2) is 0 Å². The first-order chi connectivity index (χ1) is 9.65. The van der Waals surface area contributed by atoms with E-state index in [9.17, 15) is 8.78 Å². The zero-order chi connectivity index (χ0) is 14.1. The lowest BCUT2D eigenvalue weighted by atomic mass is 10.0. The highest BCUT2D eigenvalue weighted by Crippen LogP contribution is 2.33. The predicted molar refractivity (Wildman–Crippen MR) is 74.9 cm³/mol. The standard InChI is InChI=1S/C16H11ClF2O/c17-14(7-10-5-6-11(18)8-15(10)19)13-9-20-16-4-2-1-3-12(13)16/h1-6,8-9,14H,7H2. The molecule has 3 aromatic rings. The number of hydrogen-bond acceptors (Lipinski definition) is 1. The molecule has 0 aliphatic rings. The van der Waals surface area contributed by atoms with Crippen molar-refractivity contribution in [3.05, 3.63) is 71.5 Å². The minimum absolute atomic E-state index is 0.275. The van der Waals surface area contributed by atoms with Crippen LogP contribution in [0.2, 0.25) is 0 Å². The molecule has 1 unspecified atom stereocenters. The van der Waals surface area contributed by atoms with Gasteiger partial charge < -0.3 is 4.42 Å². The highest BCUT2D eigenvalue weighted by Gasteiger charge is 2.17. The van der Waals surface area contributed by atoms with Crippen molar-refractivity contribution in [2.75, 3.05) is 0 Å². The van der Waals surface area contributed by atoms with Crippen molar-refractivity contribution in [2.45, 2.75) is 11.8 Å². The molecular formula is C16H11ClF2O. The Labute approximate surface area is 119 Å². The van der Waals surface area contributed by atoms with E-state index in [0.29, 0.717) is 5.56 Å². The van der Waals surface area contributed by atoms with Crippen LogP contribution < -0.4 is 0 Å². The third-order valence-corrected chi connectivity index (χ3v) is 3.65. The molecular weight excluding hydrogens is 282 g/mol. The van der Waals surface area contributed by atoms with Crippen LogP contribution in [0.25, 0.3) is 11.0 Å². The summed E-state index contributed by atoms with van der Waals surface area (Å²) in [4.78, 5) is 0. The van der Waals surface area contributed by atoms with E-state index in [-0.39, 0.29) is 6.42 Å². The zero-order valence-electron chi connectivity index (χ0n) is 10.4. The van der Waals surface area contributed by atoms with Gasteiger partial charge in [0.05, 0.1) is 11.6 Å². The van der Waals surface area contributed by atoms with Crippen LogP contribution in [0.3, 0.4) is 0 Å². The molecule has 0 aliphatic carbocycles. The van der Waals surface area contributed by atoms with E-state index in [1.54, 1.807) is 6.26 Å². The maximum Gasteiger partial charge on any atom is 0.134 e. The summed E-state index contributed by atoms with van der Waals surface area (Å²) in [7, 11) is 0. The molecule has 2 aromatic carbocycles. The number of rotatable bonds is 3. The second kappa shape index (κ2) is 5.25. The summed E-state index contributed by atoms with van der Waals surface area (Å²) in [5.74, 6) is -1.17. The van der Waals surface area contributed by atoms with Gasteiger partial charge in [-0.2, -0.15) is 0 Å². The molecule has 0 aliphatic heterocycles. The van der Waals surface area contributed by atoms with Crippen LogP contribution >= 0.6 is 11.6 Å². The highest BCUT2D eigenvalue weighted by molar-refractivity contribution is 6.21. The molecule has 20 heavy (non-hydrogen) atoms. The molecule has 1 atom stereocenters. The summed E-state index contributed by atoms with van der Waals surface area (Å²) in [5, 5.41) is 0.480. The molecule has 0 saturated carbocycles. The summed E-state index contributed by atoms with van der Waals surface area (Å²) in [6.45, 7) is 0. The van der Waals surface area contributed by atoms with Gasteiger partial charge in [-0.05, 0) is 24.1 Å². The van der Waals surface area contributed by atoms with Gasteiger partial charge in [-0.15, -0.1) is 11.6 Å². The quantitative estimate of drug-likeness (QED) is 0.602. The number of halogens is 3. The molecule has 0 amide bonds. The van der Waals surface area contributed by atoms with Crippen LogP contribution in [0, 0.1) is 11.6 Å². The molecule has 0 saturated heterocycles. The molecule has 4 heteroatoms. The molecule has 0 fully saturated rings. The van der Waals surface area contributed by atoms with E-state index in [4.69, 9.17) is 16.0 Å². The van der Waals surface area contributed by atoms with Gasteiger partial charge in [-0.3, -0.25) is 0 Å². The summed E-state index contributed by atoms with van der Waals surface area (Å²) in [5.41, 5.74) is 1.94. The van der Waals surface area contributed by atoms with Crippen LogP contribution in [-0.2, 0) is 6.42 Å². The number of furan rings is 1. The molecule has 0 radical (unpaired) electrons. The molecule has 1 aromatic heterocycles. The van der Waals surface area contributed by atoms with E-state index >= 15 is 0 Å². The van der Waals surface area contributed by atoms with E-state index < -0.39 is 17.0 Å². The fraction of sp³-hybridized carbons (Fsp3) is 0.125. The van der Waals surface area contributed by atoms with Crippen molar-refractivity contribution in [3.8, 4) is 0 Å². The molecule has 1 nitrogen and oxygen atoms in total. The topological polar surface area (TPSA) is 13.1 Å². The number of hydrogen-bond donors (Lipinski definition) is 0. The largest absolute Gasteiger partial charge is 0.464 e. The number of para-hydroxylation sites is 1. The Morgan fingerprint density at radius 1 is 1.10 bits per heavy atom. The van der Waals surface area contributed by atoms with Crippen LogP contribution in [0.1, 0.15) is 16.5 Å². The van der Waals surface area contributed by atoms with Gasteiger partial charge in [0.2, 0.25) is 0 Å². The smallest absolute Gasteiger partial charge is 0.134 e. The highest BCUT2D eigenvalue weighted by atomic mass is 35.5. The summed E-state index contributed by atoms with van der Waals surface area (Å²) in [6, 6.07) is 11.0. The van der Waals surface area contributed by atoms with Gasteiger partial charge in [0, 0.05) is 17.0 Å². The monoisotopic (exact) mass is 292 g/mol. The lowest BCUT2D eigenvalue weighted by Crippen LogP contribution is -1.98. The van der Waals surface area contributed by atoms with Crippen LogP contribution in [0.5, 0.6) is 0 Å². The Kier molecular flexibility index (Phi) is 3.45.